The van der Waals surface area contributed by atoms with Crippen LogP contribution in [0.25, 0.3) is 21.9 Å². The maximum absolute atomic E-state index is 9.39. The van der Waals surface area contributed by atoms with Gasteiger partial charge in [0.1, 0.15) is 11.1 Å². The highest BCUT2D eigenvalue weighted by atomic mass is 35.5. The van der Waals surface area contributed by atoms with Gasteiger partial charge in [-0.05, 0) is 35.9 Å². The molecule has 102 valence electrons. The van der Waals surface area contributed by atoms with Gasteiger partial charge in [-0.15, -0.1) is 11.3 Å². The second-order valence-corrected chi connectivity index (χ2v) is 6.20. The van der Waals surface area contributed by atoms with Crippen molar-refractivity contribution >= 4 is 56.4 Å². The number of nitriles is 1. The molecule has 21 heavy (non-hydrogen) atoms. The molecule has 2 aromatic carbocycles. The summed E-state index contributed by atoms with van der Waals surface area (Å²) < 4.78 is 1.05. The summed E-state index contributed by atoms with van der Waals surface area (Å²) in [4.78, 5) is 4.49. The Hall–Kier alpha value is -1.86. The number of allylic oxidation sites excluding steroid dienone is 1. The lowest BCUT2D eigenvalue weighted by molar-refractivity contribution is 1.43. The molecule has 3 aromatic rings. The number of thiazole rings is 1. The Bertz CT molecular complexity index is 858. The monoisotopic (exact) mass is 330 g/mol. The van der Waals surface area contributed by atoms with Crippen molar-refractivity contribution in [1.82, 2.24) is 4.98 Å². The van der Waals surface area contributed by atoms with Crippen molar-refractivity contribution < 1.29 is 0 Å². The van der Waals surface area contributed by atoms with E-state index in [-0.39, 0.29) is 0 Å². The standard InChI is InChI=1S/C16H8Cl2N2S/c17-12-6-5-10(13(18)8-12)7-11(9-19)16-20-14-3-1-2-4-15(14)21-16/h1-8H. The van der Waals surface area contributed by atoms with Gasteiger partial charge >= 0.3 is 0 Å². The first-order chi connectivity index (χ1) is 10.2. The third-order valence-electron chi connectivity index (χ3n) is 2.91. The Morgan fingerprint density at radius 1 is 1.19 bits per heavy atom. The normalized spacial score (nSPS) is 11.6. The summed E-state index contributed by atoms with van der Waals surface area (Å²) in [5.74, 6) is 0. The van der Waals surface area contributed by atoms with E-state index in [1.54, 1.807) is 24.3 Å². The minimum Gasteiger partial charge on any atom is -0.235 e. The van der Waals surface area contributed by atoms with Crippen molar-refractivity contribution in [3.8, 4) is 6.07 Å². The average Bonchev–Trinajstić information content (AvgIpc) is 2.90. The van der Waals surface area contributed by atoms with E-state index in [2.05, 4.69) is 11.1 Å². The maximum Gasteiger partial charge on any atom is 0.135 e. The van der Waals surface area contributed by atoms with Crippen LogP contribution < -0.4 is 0 Å². The Balaban J connectivity index is 2.09. The number of aromatic nitrogens is 1. The number of hydrogen-bond acceptors (Lipinski definition) is 3. The van der Waals surface area contributed by atoms with Crippen molar-refractivity contribution in [2.45, 2.75) is 0 Å². The van der Waals surface area contributed by atoms with Gasteiger partial charge in [0.2, 0.25) is 0 Å². The van der Waals surface area contributed by atoms with E-state index < -0.39 is 0 Å². The SMILES string of the molecule is N#CC(=Cc1ccc(Cl)cc1Cl)c1nc2ccccc2s1. The largest absolute Gasteiger partial charge is 0.235 e. The highest BCUT2D eigenvalue weighted by Crippen LogP contribution is 2.30. The maximum atomic E-state index is 9.39. The fourth-order valence-electron chi connectivity index (χ4n) is 1.90. The first kappa shape index (κ1) is 14.1. The lowest BCUT2D eigenvalue weighted by Crippen LogP contribution is -1.82. The number of rotatable bonds is 2. The first-order valence-corrected chi connectivity index (χ1v) is 7.67. The van der Waals surface area contributed by atoms with E-state index in [1.165, 1.54) is 11.3 Å². The number of para-hydroxylation sites is 1. The van der Waals surface area contributed by atoms with Crippen molar-refractivity contribution in [3.05, 3.63) is 63.1 Å². The van der Waals surface area contributed by atoms with Crippen LogP contribution in [0, 0.1) is 11.3 Å². The van der Waals surface area contributed by atoms with Crippen LogP contribution in [0.2, 0.25) is 10.0 Å². The van der Waals surface area contributed by atoms with Crippen molar-refractivity contribution in [2.75, 3.05) is 0 Å². The molecule has 0 spiro atoms. The molecule has 0 aliphatic heterocycles. The second-order valence-electron chi connectivity index (χ2n) is 4.32. The summed E-state index contributed by atoms with van der Waals surface area (Å²) in [6.45, 7) is 0. The molecule has 0 unspecified atom stereocenters. The average molecular weight is 331 g/mol. The number of fused-ring (bicyclic) bond motifs is 1. The molecule has 0 aliphatic carbocycles. The molecule has 5 heteroatoms. The topological polar surface area (TPSA) is 36.7 Å². The van der Waals surface area contributed by atoms with Crippen LogP contribution in [0.4, 0.5) is 0 Å². The first-order valence-electron chi connectivity index (χ1n) is 6.10. The number of nitrogens with zero attached hydrogens (tertiary/aromatic N) is 2. The molecule has 0 amide bonds. The van der Waals surface area contributed by atoms with Gasteiger partial charge in [-0.25, -0.2) is 4.98 Å². The molecule has 0 bridgehead atoms. The molecule has 0 aliphatic rings. The molecule has 0 saturated carbocycles. The number of hydrogen-bond donors (Lipinski definition) is 0. The Morgan fingerprint density at radius 3 is 2.71 bits per heavy atom. The summed E-state index contributed by atoms with van der Waals surface area (Å²) in [6, 6.07) is 15.2. The molecule has 0 N–H and O–H groups in total. The van der Waals surface area contributed by atoms with Gasteiger partial charge in [-0.2, -0.15) is 5.26 Å². The third kappa shape index (κ3) is 2.93. The zero-order valence-corrected chi connectivity index (χ0v) is 13.0. The second kappa shape index (κ2) is 5.87. The van der Waals surface area contributed by atoms with Gasteiger partial charge in [-0.3, -0.25) is 0 Å². The van der Waals surface area contributed by atoms with Gasteiger partial charge in [0, 0.05) is 10.0 Å². The Morgan fingerprint density at radius 2 is 2.00 bits per heavy atom. The lowest BCUT2D eigenvalue weighted by atomic mass is 10.1. The van der Waals surface area contributed by atoms with Crippen LogP contribution in [0.3, 0.4) is 0 Å². The smallest absolute Gasteiger partial charge is 0.135 e. The summed E-state index contributed by atoms with van der Waals surface area (Å²) in [6.07, 6.45) is 1.73. The fourth-order valence-corrected chi connectivity index (χ4v) is 3.30. The van der Waals surface area contributed by atoms with E-state index in [4.69, 9.17) is 23.2 Å². The predicted molar refractivity (Wildman–Crippen MR) is 89.6 cm³/mol. The minimum absolute atomic E-state index is 0.487. The zero-order valence-electron chi connectivity index (χ0n) is 10.7. The Labute approximate surface area is 135 Å². The van der Waals surface area contributed by atoms with Crippen molar-refractivity contribution in [1.29, 1.82) is 5.26 Å². The van der Waals surface area contributed by atoms with Crippen molar-refractivity contribution in [2.24, 2.45) is 0 Å². The van der Waals surface area contributed by atoms with Crippen LogP contribution in [0.15, 0.2) is 42.5 Å². The third-order valence-corrected chi connectivity index (χ3v) is 4.54. The van der Waals surface area contributed by atoms with Crippen LogP contribution in [-0.4, -0.2) is 4.98 Å². The highest BCUT2D eigenvalue weighted by Gasteiger charge is 2.09. The van der Waals surface area contributed by atoms with Gasteiger partial charge in [-0.1, -0.05) is 41.4 Å². The summed E-state index contributed by atoms with van der Waals surface area (Å²) in [5.41, 5.74) is 2.12. The fraction of sp³-hybridized carbons (Fsp3) is 0. The summed E-state index contributed by atoms with van der Waals surface area (Å²) in [5, 5.41) is 11.2. The molecular formula is C16H8Cl2N2S. The van der Waals surface area contributed by atoms with E-state index in [0.29, 0.717) is 20.6 Å². The molecule has 0 radical (unpaired) electrons. The molecule has 1 aromatic heterocycles. The van der Waals surface area contributed by atoms with Gasteiger partial charge < -0.3 is 0 Å². The Kier molecular flexibility index (Phi) is 3.94. The quantitative estimate of drug-likeness (QED) is 0.568. The molecular weight excluding hydrogens is 323 g/mol. The highest BCUT2D eigenvalue weighted by molar-refractivity contribution is 7.19. The van der Waals surface area contributed by atoms with E-state index in [0.717, 1.165) is 15.8 Å². The zero-order chi connectivity index (χ0) is 14.8. The van der Waals surface area contributed by atoms with Gasteiger partial charge in [0.05, 0.1) is 15.8 Å². The molecule has 1 heterocycles. The van der Waals surface area contributed by atoms with Crippen LogP contribution in [-0.2, 0) is 0 Å². The molecule has 0 saturated heterocycles. The number of halogens is 2. The van der Waals surface area contributed by atoms with Crippen LogP contribution in [0.5, 0.6) is 0 Å². The van der Waals surface area contributed by atoms with Gasteiger partial charge in [0.25, 0.3) is 0 Å². The van der Waals surface area contributed by atoms with E-state index in [9.17, 15) is 5.26 Å². The van der Waals surface area contributed by atoms with Gasteiger partial charge in [0.15, 0.2) is 0 Å². The molecule has 3 rings (SSSR count). The summed E-state index contributed by atoms with van der Waals surface area (Å²) >= 11 is 13.5. The van der Waals surface area contributed by atoms with Crippen molar-refractivity contribution in [3.63, 3.8) is 0 Å². The number of benzene rings is 2. The molecule has 2 nitrogen and oxygen atoms in total. The molecule has 0 fully saturated rings. The van der Waals surface area contributed by atoms with Crippen LogP contribution >= 0.6 is 34.5 Å². The van der Waals surface area contributed by atoms with E-state index in [1.807, 2.05) is 24.3 Å². The predicted octanol–water partition coefficient (Wildman–Crippen LogP) is 5.67. The lowest BCUT2D eigenvalue weighted by Gasteiger charge is -1.99. The van der Waals surface area contributed by atoms with E-state index >= 15 is 0 Å². The summed E-state index contributed by atoms with van der Waals surface area (Å²) in [7, 11) is 0. The van der Waals surface area contributed by atoms with Crippen LogP contribution in [0.1, 0.15) is 10.6 Å². The minimum atomic E-state index is 0.487. The molecule has 0 atom stereocenters.